The molecule has 0 radical (unpaired) electrons. The van der Waals surface area contributed by atoms with E-state index in [9.17, 15) is 4.79 Å². The molecular weight excluding hydrogens is 362 g/mol. The van der Waals surface area contributed by atoms with Crippen LogP contribution in [0.3, 0.4) is 0 Å². The van der Waals surface area contributed by atoms with Crippen molar-refractivity contribution in [2.45, 2.75) is 20.0 Å². The summed E-state index contributed by atoms with van der Waals surface area (Å²) in [4.78, 5) is 14.5. The number of amidine groups is 1. The maximum atomic E-state index is 12.5. The lowest BCUT2D eigenvalue weighted by Crippen LogP contribution is -2.37. The molecule has 0 spiro atoms. The number of hydrogen-bond acceptors (Lipinski definition) is 5. The van der Waals surface area contributed by atoms with Gasteiger partial charge in [-0.05, 0) is 48.9 Å². The van der Waals surface area contributed by atoms with E-state index in [2.05, 4.69) is 31.2 Å². The van der Waals surface area contributed by atoms with Gasteiger partial charge in [0.15, 0.2) is 17.8 Å². The second kappa shape index (κ2) is 7.80. The number of carbonyl (C=O) groups is 1. The second-order valence-corrected chi connectivity index (χ2v) is 7.01. The first-order valence-corrected chi connectivity index (χ1v) is 9.52. The molecule has 5 nitrogen and oxygen atoms in total. The number of aryl methyl sites for hydroxylation is 1. The molecule has 4 rings (SSSR count). The van der Waals surface area contributed by atoms with Gasteiger partial charge in [0.1, 0.15) is 5.75 Å². The van der Waals surface area contributed by atoms with E-state index in [-0.39, 0.29) is 11.9 Å². The summed E-state index contributed by atoms with van der Waals surface area (Å²) in [5.74, 6) is 1.09. The number of nitrogens with zero attached hydrogens (tertiary/aromatic N) is 3. The third kappa shape index (κ3) is 3.59. The van der Waals surface area contributed by atoms with Crippen LogP contribution >= 0.6 is 0 Å². The van der Waals surface area contributed by atoms with Crippen LogP contribution in [-0.4, -0.2) is 18.7 Å². The number of ether oxygens (including phenoxy) is 1. The fourth-order valence-corrected chi connectivity index (χ4v) is 3.49. The van der Waals surface area contributed by atoms with Gasteiger partial charge in [-0.3, -0.25) is 9.69 Å². The van der Waals surface area contributed by atoms with Gasteiger partial charge in [0.05, 0.1) is 12.8 Å². The van der Waals surface area contributed by atoms with Crippen molar-refractivity contribution >= 4 is 23.0 Å². The van der Waals surface area contributed by atoms with Crippen LogP contribution in [0.2, 0.25) is 0 Å². The lowest BCUT2D eigenvalue weighted by Gasteiger charge is -2.32. The van der Waals surface area contributed by atoms with E-state index < -0.39 is 0 Å². The van der Waals surface area contributed by atoms with Gasteiger partial charge < -0.3 is 4.74 Å². The van der Waals surface area contributed by atoms with E-state index >= 15 is 0 Å². The van der Waals surface area contributed by atoms with E-state index in [1.807, 2.05) is 64.5 Å². The molecule has 1 aliphatic heterocycles. The SMILES string of the molecule is COc1ccc(N2C(C(C)=O)=NN(c3ccc(C)cc3)C2c2ccccc2)cc1. The van der Waals surface area contributed by atoms with Gasteiger partial charge in [-0.15, -0.1) is 5.10 Å². The zero-order valence-electron chi connectivity index (χ0n) is 16.7. The van der Waals surface area contributed by atoms with E-state index in [1.165, 1.54) is 5.56 Å². The topological polar surface area (TPSA) is 45.1 Å². The molecule has 1 unspecified atom stereocenters. The van der Waals surface area contributed by atoms with Gasteiger partial charge in [0, 0.05) is 12.6 Å². The minimum absolute atomic E-state index is 0.0867. The molecule has 5 heteroatoms. The maximum absolute atomic E-state index is 12.5. The zero-order chi connectivity index (χ0) is 20.4. The number of Topliss-reactive ketones (excluding diaryl/α,β-unsaturated/α-hetero) is 1. The molecule has 0 bridgehead atoms. The van der Waals surface area contributed by atoms with Gasteiger partial charge in [-0.1, -0.05) is 48.0 Å². The Morgan fingerprint density at radius 2 is 1.52 bits per heavy atom. The number of carbonyl (C=O) groups excluding carboxylic acids is 1. The molecule has 0 saturated carbocycles. The standard InChI is InChI=1S/C24H23N3O2/c1-17-9-11-21(12-10-17)27-24(19-7-5-4-6-8-19)26(23(25-27)18(2)28)20-13-15-22(29-3)16-14-20/h4-16,24H,1-3H3. The highest BCUT2D eigenvalue weighted by atomic mass is 16.5. The smallest absolute Gasteiger partial charge is 0.198 e. The van der Waals surface area contributed by atoms with Crippen molar-refractivity contribution in [1.29, 1.82) is 0 Å². The fourth-order valence-electron chi connectivity index (χ4n) is 3.49. The first-order chi connectivity index (χ1) is 14.1. The largest absolute Gasteiger partial charge is 0.497 e. The second-order valence-electron chi connectivity index (χ2n) is 7.01. The number of methoxy groups -OCH3 is 1. The normalized spacial score (nSPS) is 16.0. The highest BCUT2D eigenvalue weighted by molar-refractivity contribution is 6.44. The van der Waals surface area contributed by atoms with Crippen molar-refractivity contribution in [1.82, 2.24) is 0 Å². The summed E-state index contributed by atoms with van der Waals surface area (Å²) in [5.41, 5.74) is 4.03. The molecule has 0 saturated heterocycles. The molecule has 1 aliphatic rings. The Hall–Kier alpha value is -3.60. The van der Waals surface area contributed by atoms with Crippen molar-refractivity contribution < 1.29 is 9.53 Å². The third-order valence-electron chi connectivity index (χ3n) is 4.97. The number of ketones is 1. The van der Waals surface area contributed by atoms with E-state index in [0.717, 1.165) is 22.7 Å². The fraction of sp³-hybridized carbons (Fsp3) is 0.167. The Kier molecular flexibility index (Phi) is 5.04. The van der Waals surface area contributed by atoms with Gasteiger partial charge in [0.2, 0.25) is 0 Å². The van der Waals surface area contributed by atoms with Crippen molar-refractivity contribution in [2.75, 3.05) is 17.0 Å². The summed E-state index contributed by atoms with van der Waals surface area (Å²) in [6, 6.07) is 26.0. The van der Waals surface area contributed by atoms with Crippen molar-refractivity contribution in [3.05, 3.63) is 90.0 Å². The van der Waals surface area contributed by atoms with Crippen LogP contribution in [0.1, 0.15) is 24.2 Å². The first-order valence-electron chi connectivity index (χ1n) is 9.52. The minimum atomic E-state index is -0.272. The van der Waals surface area contributed by atoms with Crippen LogP contribution in [-0.2, 0) is 4.79 Å². The van der Waals surface area contributed by atoms with Gasteiger partial charge in [-0.25, -0.2) is 5.01 Å². The van der Waals surface area contributed by atoms with Gasteiger partial charge in [0.25, 0.3) is 0 Å². The predicted octanol–water partition coefficient (Wildman–Crippen LogP) is 4.93. The average molecular weight is 385 g/mol. The Morgan fingerprint density at radius 3 is 2.10 bits per heavy atom. The molecule has 1 heterocycles. The highest BCUT2D eigenvalue weighted by Gasteiger charge is 2.39. The summed E-state index contributed by atoms with van der Waals surface area (Å²) in [6.45, 7) is 3.60. The van der Waals surface area contributed by atoms with Crippen molar-refractivity contribution in [3.63, 3.8) is 0 Å². The lowest BCUT2D eigenvalue weighted by atomic mass is 10.1. The molecule has 29 heavy (non-hydrogen) atoms. The number of rotatable bonds is 5. The number of benzene rings is 3. The van der Waals surface area contributed by atoms with E-state index in [0.29, 0.717) is 5.84 Å². The number of hydrogen-bond donors (Lipinski definition) is 0. The highest BCUT2D eigenvalue weighted by Crippen LogP contribution is 2.39. The van der Waals surface area contributed by atoms with Gasteiger partial charge in [-0.2, -0.15) is 0 Å². The molecule has 0 N–H and O–H groups in total. The first kappa shape index (κ1) is 18.7. The molecule has 3 aromatic rings. The summed E-state index contributed by atoms with van der Waals surface area (Å²) in [7, 11) is 1.64. The summed E-state index contributed by atoms with van der Waals surface area (Å²) in [5, 5.41) is 6.65. The Bertz CT molecular complexity index is 1030. The molecule has 146 valence electrons. The van der Waals surface area contributed by atoms with Crippen LogP contribution in [0.5, 0.6) is 5.75 Å². The van der Waals surface area contributed by atoms with Crippen LogP contribution < -0.4 is 14.6 Å². The quantitative estimate of drug-likeness (QED) is 0.625. The molecule has 0 amide bonds. The molecule has 0 aliphatic carbocycles. The van der Waals surface area contributed by atoms with Crippen LogP contribution in [0.15, 0.2) is 84.0 Å². The van der Waals surface area contributed by atoms with Crippen molar-refractivity contribution in [3.8, 4) is 5.75 Å². The summed E-state index contributed by atoms with van der Waals surface area (Å²) < 4.78 is 5.29. The maximum Gasteiger partial charge on any atom is 0.198 e. The monoisotopic (exact) mass is 385 g/mol. The molecule has 3 aromatic carbocycles. The zero-order valence-corrected chi connectivity index (χ0v) is 16.7. The van der Waals surface area contributed by atoms with Crippen LogP contribution in [0.4, 0.5) is 11.4 Å². The molecular formula is C24H23N3O2. The molecule has 1 atom stereocenters. The lowest BCUT2D eigenvalue weighted by molar-refractivity contribution is -0.111. The molecule has 0 fully saturated rings. The number of anilines is 2. The summed E-state index contributed by atoms with van der Waals surface area (Å²) >= 11 is 0. The van der Waals surface area contributed by atoms with E-state index in [1.54, 1.807) is 14.0 Å². The third-order valence-corrected chi connectivity index (χ3v) is 4.97. The van der Waals surface area contributed by atoms with E-state index in [4.69, 9.17) is 9.84 Å². The van der Waals surface area contributed by atoms with Crippen LogP contribution in [0, 0.1) is 6.92 Å². The minimum Gasteiger partial charge on any atom is -0.497 e. The van der Waals surface area contributed by atoms with Crippen LogP contribution in [0.25, 0.3) is 0 Å². The average Bonchev–Trinajstić information content (AvgIpc) is 3.16. The molecule has 0 aromatic heterocycles. The number of hydrazone groups is 1. The Balaban J connectivity index is 1.86. The Morgan fingerprint density at radius 1 is 0.897 bits per heavy atom. The predicted molar refractivity (Wildman–Crippen MR) is 116 cm³/mol. The Labute approximate surface area is 170 Å². The van der Waals surface area contributed by atoms with Gasteiger partial charge >= 0.3 is 0 Å². The van der Waals surface area contributed by atoms with Crippen molar-refractivity contribution in [2.24, 2.45) is 5.10 Å². The summed E-state index contributed by atoms with van der Waals surface area (Å²) in [6.07, 6.45) is -0.272.